The number of hydrogen-bond acceptors (Lipinski definition) is 6. The van der Waals surface area contributed by atoms with Gasteiger partial charge in [0, 0.05) is 30.4 Å². The van der Waals surface area contributed by atoms with Gasteiger partial charge in [-0.15, -0.1) is 0 Å². The Kier molecular flexibility index (Phi) is 4.64. The fourth-order valence-corrected chi connectivity index (χ4v) is 1.69. The first-order valence-corrected chi connectivity index (χ1v) is 5.99. The van der Waals surface area contributed by atoms with E-state index in [1.807, 2.05) is 0 Å². The zero-order chi connectivity index (χ0) is 14.4. The molecule has 0 saturated heterocycles. The zero-order valence-corrected chi connectivity index (χ0v) is 11.4. The highest BCUT2D eigenvalue weighted by Crippen LogP contribution is 2.11. The summed E-state index contributed by atoms with van der Waals surface area (Å²) in [5.41, 5.74) is 2.85. The van der Waals surface area contributed by atoms with E-state index >= 15 is 0 Å². The predicted molar refractivity (Wildman–Crippen MR) is 75.8 cm³/mol. The normalized spacial score (nSPS) is 9.85. The van der Waals surface area contributed by atoms with Crippen LogP contribution in [0.4, 0.5) is 5.95 Å². The highest BCUT2D eigenvalue weighted by Gasteiger charge is 2.24. The minimum atomic E-state index is -0.381. The summed E-state index contributed by atoms with van der Waals surface area (Å²) < 4.78 is 0. The molecule has 2 rings (SSSR count). The second-order valence-corrected chi connectivity index (χ2v) is 3.92. The second-order valence-electron chi connectivity index (χ2n) is 3.54. The smallest absolute Gasteiger partial charge is 0.267 e. The van der Waals surface area contributed by atoms with Crippen LogP contribution in [0.3, 0.4) is 0 Å². The molecule has 0 unspecified atom stereocenters. The number of carbonyl (C=O) groups is 1. The molecule has 2 heterocycles. The van der Waals surface area contributed by atoms with Crippen molar-refractivity contribution >= 4 is 29.2 Å². The Morgan fingerprint density at radius 2 is 1.90 bits per heavy atom. The highest BCUT2D eigenvalue weighted by atomic mass is 32.1. The van der Waals surface area contributed by atoms with Crippen molar-refractivity contribution in [1.82, 2.24) is 20.4 Å². The van der Waals surface area contributed by atoms with E-state index in [0.717, 1.165) is 4.90 Å². The minimum Gasteiger partial charge on any atom is -0.277 e. The molecule has 102 valence electrons. The minimum absolute atomic E-state index is 0.0421. The molecule has 8 heteroatoms. The lowest BCUT2D eigenvalue weighted by atomic mass is 10.2. The maximum atomic E-state index is 12.5. The summed E-state index contributed by atoms with van der Waals surface area (Å²) in [5.74, 6) is -0.225. The summed E-state index contributed by atoms with van der Waals surface area (Å²) in [6, 6.07) is 4.80. The molecule has 0 saturated carbocycles. The first-order chi connectivity index (χ1) is 9.74. The second kappa shape index (κ2) is 6.64. The van der Waals surface area contributed by atoms with Gasteiger partial charge in [-0.3, -0.25) is 14.6 Å². The average molecular weight is 289 g/mol. The van der Waals surface area contributed by atoms with Gasteiger partial charge >= 0.3 is 0 Å². The molecule has 0 atom stereocenters. The number of anilines is 1. The predicted octanol–water partition coefficient (Wildman–Crippen LogP) is 0.954. The van der Waals surface area contributed by atoms with Gasteiger partial charge in [-0.1, -0.05) is 0 Å². The fraction of sp³-hybridized carbons (Fsp3) is 0.0833. The summed E-state index contributed by atoms with van der Waals surface area (Å²) >= 11 is 5.11. The van der Waals surface area contributed by atoms with E-state index in [0.29, 0.717) is 5.56 Å². The summed E-state index contributed by atoms with van der Waals surface area (Å²) in [6.45, 7) is 0. The number of nitrogens with zero attached hydrogens (tertiary/aromatic N) is 4. The molecule has 0 fully saturated rings. The third-order valence-corrected chi connectivity index (χ3v) is 2.54. The third kappa shape index (κ3) is 3.11. The number of pyridine rings is 1. The van der Waals surface area contributed by atoms with Crippen molar-refractivity contribution in [3.05, 3.63) is 48.5 Å². The van der Waals surface area contributed by atoms with E-state index in [9.17, 15) is 4.79 Å². The number of rotatable bonds is 3. The molecule has 0 aliphatic heterocycles. The Morgan fingerprint density at radius 1 is 1.25 bits per heavy atom. The molecule has 0 aliphatic carbocycles. The van der Waals surface area contributed by atoms with Gasteiger partial charge in [0.2, 0.25) is 11.1 Å². The van der Waals surface area contributed by atoms with Gasteiger partial charge in [0.15, 0.2) is 0 Å². The molecule has 0 radical (unpaired) electrons. The lowest BCUT2D eigenvalue weighted by molar-refractivity contribution is 0.0990. The van der Waals surface area contributed by atoms with E-state index in [-0.39, 0.29) is 17.0 Å². The lowest BCUT2D eigenvalue weighted by Crippen LogP contribution is -2.44. The molecule has 2 aromatic heterocycles. The molecule has 1 N–H and O–H groups in total. The topological polar surface area (TPSA) is 80.2 Å². The number of aromatic nitrogens is 3. The fourth-order valence-electron chi connectivity index (χ4n) is 1.44. The van der Waals surface area contributed by atoms with E-state index in [2.05, 4.69) is 20.4 Å². The van der Waals surface area contributed by atoms with Crippen LogP contribution in [0, 0.1) is 0 Å². The molecule has 2 aromatic rings. The van der Waals surface area contributed by atoms with Crippen LogP contribution in [0.25, 0.3) is 0 Å². The molecular formula is C12H11N5O2S. The summed E-state index contributed by atoms with van der Waals surface area (Å²) in [7, 11) is 1.40. The highest BCUT2D eigenvalue weighted by molar-refractivity contribution is 7.80. The standard InChI is InChI=1S/C12H11N5O2S/c1-19-16-12(20)17(11-14-5-2-6-15-11)10(18)9-3-7-13-8-4-9/h2-8H,1H3,(H,16,20). The average Bonchev–Trinajstić information content (AvgIpc) is 2.50. The maximum absolute atomic E-state index is 12.5. The Labute approximate surface area is 120 Å². The van der Waals surface area contributed by atoms with Crippen LogP contribution in [-0.2, 0) is 4.84 Å². The SMILES string of the molecule is CONC(=S)N(C(=O)c1ccncc1)c1ncccn1. The van der Waals surface area contributed by atoms with Crippen LogP contribution in [0.1, 0.15) is 10.4 Å². The summed E-state index contributed by atoms with van der Waals surface area (Å²) in [5, 5.41) is 0.0421. The number of nitrogens with one attached hydrogen (secondary N) is 1. The molecule has 7 nitrogen and oxygen atoms in total. The number of hydroxylamine groups is 1. The zero-order valence-electron chi connectivity index (χ0n) is 10.6. The maximum Gasteiger partial charge on any atom is 0.267 e. The summed E-state index contributed by atoms with van der Waals surface area (Å²) in [6.07, 6.45) is 6.07. The van der Waals surface area contributed by atoms with Crippen molar-refractivity contribution in [2.45, 2.75) is 0 Å². The Morgan fingerprint density at radius 3 is 2.50 bits per heavy atom. The molecule has 1 amide bonds. The number of amides is 1. The van der Waals surface area contributed by atoms with Crippen LogP contribution in [-0.4, -0.2) is 33.1 Å². The van der Waals surface area contributed by atoms with Crippen molar-refractivity contribution in [3.8, 4) is 0 Å². The first kappa shape index (κ1) is 14.0. The van der Waals surface area contributed by atoms with E-state index < -0.39 is 0 Å². The van der Waals surface area contributed by atoms with Crippen molar-refractivity contribution in [1.29, 1.82) is 0 Å². The first-order valence-electron chi connectivity index (χ1n) is 5.58. The number of hydrogen-bond donors (Lipinski definition) is 1. The van der Waals surface area contributed by atoms with Crippen molar-refractivity contribution < 1.29 is 9.63 Å². The van der Waals surface area contributed by atoms with Gasteiger partial charge in [0.1, 0.15) is 0 Å². The number of carbonyl (C=O) groups excluding carboxylic acids is 1. The Hall–Kier alpha value is -2.45. The van der Waals surface area contributed by atoms with Gasteiger partial charge < -0.3 is 0 Å². The molecule has 20 heavy (non-hydrogen) atoms. The van der Waals surface area contributed by atoms with Gasteiger partial charge in [0.05, 0.1) is 7.11 Å². The molecule has 0 bridgehead atoms. The van der Waals surface area contributed by atoms with Gasteiger partial charge in [0.25, 0.3) is 5.91 Å². The quantitative estimate of drug-likeness (QED) is 0.665. The van der Waals surface area contributed by atoms with Gasteiger partial charge in [-0.2, -0.15) is 0 Å². The van der Waals surface area contributed by atoms with Crippen LogP contribution >= 0.6 is 12.2 Å². The largest absolute Gasteiger partial charge is 0.277 e. The van der Waals surface area contributed by atoms with Crippen LogP contribution in [0.2, 0.25) is 0 Å². The monoisotopic (exact) mass is 289 g/mol. The van der Waals surface area contributed by atoms with E-state index in [4.69, 9.17) is 17.1 Å². The molecular weight excluding hydrogens is 278 g/mol. The van der Waals surface area contributed by atoms with E-state index in [1.54, 1.807) is 18.2 Å². The van der Waals surface area contributed by atoms with E-state index in [1.165, 1.54) is 31.9 Å². The number of thiocarbonyl (C=S) groups is 1. The molecule has 0 aliphatic rings. The van der Waals surface area contributed by atoms with Crippen LogP contribution in [0.15, 0.2) is 43.0 Å². The van der Waals surface area contributed by atoms with Crippen molar-refractivity contribution in [2.75, 3.05) is 12.0 Å². The lowest BCUT2D eigenvalue weighted by Gasteiger charge is -2.20. The van der Waals surface area contributed by atoms with Crippen LogP contribution < -0.4 is 10.4 Å². The third-order valence-electron chi connectivity index (χ3n) is 2.27. The van der Waals surface area contributed by atoms with Crippen molar-refractivity contribution in [2.24, 2.45) is 0 Å². The van der Waals surface area contributed by atoms with Crippen molar-refractivity contribution in [3.63, 3.8) is 0 Å². The summed E-state index contributed by atoms with van der Waals surface area (Å²) in [4.78, 5) is 30.3. The van der Waals surface area contributed by atoms with Crippen LogP contribution in [0.5, 0.6) is 0 Å². The molecule has 0 spiro atoms. The Balaban J connectivity index is 2.37. The van der Waals surface area contributed by atoms with Gasteiger partial charge in [-0.05, 0) is 30.4 Å². The molecule has 0 aromatic carbocycles. The van der Waals surface area contributed by atoms with Gasteiger partial charge in [-0.25, -0.2) is 20.3 Å². The Bertz CT molecular complexity index is 593.